The van der Waals surface area contributed by atoms with Crippen molar-refractivity contribution in [1.82, 2.24) is 59.8 Å². The number of aryl methyl sites for hydroxylation is 9. The third-order valence-electron chi connectivity index (χ3n) is 26.6. The van der Waals surface area contributed by atoms with Crippen LogP contribution in [0.5, 0.6) is 0 Å². The van der Waals surface area contributed by atoms with Gasteiger partial charge < -0.3 is 119 Å². The number of H-pyrrole nitrogens is 6. The number of nitrogens with zero attached hydrogens (tertiary/aromatic N) is 6. The Kier molecular flexibility index (Phi) is 35.3. The number of ether oxygens (including phenoxy) is 3. The number of aliphatic carboxylic acids is 6. The van der Waals surface area contributed by atoms with Gasteiger partial charge in [-0.25, -0.2) is 29.9 Å². The van der Waals surface area contributed by atoms with Gasteiger partial charge in [0.15, 0.2) is 0 Å². The number of aromatic nitrogens is 12. The Morgan fingerprint density at radius 1 is 0.286 bits per heavy atom. The molecule has 0 spiro atoms. The molecule has 0 aromatic carbocycles. The molecule has 728 valence electrons. The Morgan fingerprint density at radius 3 is 0.693 bits per heavy atom. The summed E-state index contributed by atoms with van der Waals surface area (Å²) in [4.78, 5) is 120. The topological polar surface area (TPSA) is 501 Å². The van der Waals surface area contributed by atoms with Gasteiger partial charge >= 0.3 is 34.1 Å². The van der Waals surface area contributed by atoms with Crippen LogP contribution in [0.25, 0.3) is 151 Å². The van der Waals surface area contributed by atoms with Crippen LogP contribution < -0.4 is 30.6 Å². The summed E-state index contributed by atoms with van der Waals surface area (Å²) in [6.07, 6.45) is 4.61. The zero-order valence-electron chi connectivity index (χ0n) is 81.1. The van der Waals surface area contributed by atoms with Gasteiger partial charge in [-0.15, -0.1) is 0 Å². The van der Waals surface area contributed by atoms with Crippen molar-refractivity contribution in [2.24, 2.45) is 0 Å². The summed E-state index contributed by atoms with van der Waals surface area (Å²) in [5.74, 6) is -6.94. The molecule has 0 aliphatic carbocycles. The average Bonchev–Trinajstić information content (AvgIpc) is 1.62. The maximum atomic E-state index is 11.5. The summed E-state index contributed by atoms with van der Waals surface area (Å²) >= 11 is 0. The molecular formula is C108H114Mn2N12O18. The quantitative estimate of drug-likeness (QED) is 0.0172. The van der Waals surface area contributed by atoms with Gasteiger partial charge in [0, 0.05) is 135 Å². The molecule has 32 heteroatoms. The van der Waals surface area contributed by atoms with Crippen LogP contribution in [0.2, 0.25) is 0 Å². The molecule has 0 saturated carbocycles. The number of hydrogen-bond donors (Lipinski definition) is 9. The molecule has 9 aromatic heterocycles. The van der Waals surface area contributed by atoms with E-state index in [-0.39, 0.29) is 169 Å². The van der Waals surface area contributed by atoms with Gasteiger partial charge in [-0.05, 0) is 354 Å². The number of aromatic amines is 6. The maximum absolute atomic E-state index is 11.5. The second kappa shape index (κ2) is 46.2. The summed E-state index contributed by atoms with van der Waals surface area (Å²) in [5, 5.41) is 97.2. The van der Waals surface area contributed by atoms with E-state index in [0.29, 0.717) is 67.8 Å². The van der Waals surface area contributed by atoms with Gasteiger partial charge in [0.2, 0.25) is 0 Å². The predicted molar refractivity (Wildman–Crippen MR) is 527 cm³/mol. The van der Waals surface area contributed by atoms with Crippen molar-refractivity contribution in [3.63, 3.8) is 0 Å². The van der Waals surface area contributed by atoms with E-state index in [2.05, 4.69) is 49.6 Å². The first-order valence-corrected chi connectivity index (χ1v) is 46.0. The molecular weight excluding hydrogens is 1860 g/mol. The number of hydrogen-bond acceptors (Lipinski definition) is 24. The first kappa shape index (κ1) is 107. The second-order valence-electron chi connectivity index (χ2n) is 35.1. The number of rotatable bonds is 33. The van der Waals surface area contributed by atoms with E-state index in [1.807, 2.05) is 177 Å². The third-order valence-corrected chi connectivity index (χ3v) is 26.6. The van der Waals surface area contributed by atoms with Crippen LogP contribution in [0.4, 0.5) is 0 Å². The van der Waals surface area contributed by atoms with E-state index < -0.39 is 35.8 Å². The first-order valence-electron chi connectivity index (χ1n) is 46.0. The van der Waals surface area contributed by atoms with E-state index in [0.717, 1.165) is 200 Å². The van der Waals surface area contributed by atoms with Crippen molar-refractivity contribution in [1.29, 1.82) is 0 Å². The van der Waals surface area contributed by atoms with E-state index >= 15 is 0 Å². The Balaban J connectivity index is 0.000000199. The van der Waals surface area contributed by atoms with Crippen LogP contribution >= 0.6 is 0 Å². The second-order valence-corrected chi connectivity index (χ2v) is 35.1. The van der Waals surface area contributed by atoms with Crippen molar-refractivity contribution >= 4 is 187 Å². The van der Waals surface area contributed by atoms with Crippen LogP contribution in [0, 0.1) is 41.5 Å². The zero-order chi connectivity index (χ0) is 99.9. The van der Waals surface area contributed by atoms with E-state index in [9.17, 15) is 74.7 Å². The van der Waals surface area contributed by atoms with E-state index in [1.54, 1.807) is 18.2 Å². The molecule has 6 aliphatic heterocycles. The van der Waals surface area contributed by atoms with Crippen LogP contribution in [-0.2, 0) is 96.4 Å². The number of aliphatic hydroxyl groups excluding tert-OH is 3. The molecule has 30 nitrogen and oxygen atoms in total. The molecule has 6 aliphatic rings. The Morgan fingerprint density at radius 2 is 0.471 bits per heavy atom. The summed E-state index contributed by atoms with van der Waals surface area (Å²) in [6, 6.07) is 23.1. The summed E-state index contributed by atoms with van der Waals surface area (Å²) in [7, 11) is 0. The number of aliphatic hydroxyl groups is 3. The van der Waals surface area contributed by atoms with E-state index in [4.69, 9.17) is 44.1 Å². The predicted octanol–water partition coefficient (Wildman–Crippen LogP) is 12.1. The third kappa shape index (κ3) is 23.2. The molecule has 0 fully saturated rings. The minimum absolute atomic E-state index is 0. The van der Waals surface area contributed by atoms with Gasteiger partial charge in [0.25, 0.3) is 0 Å². The summed E-state index contributed by atoms with van der Waals surface area (Å²) < 4.78 is 17.8. The van der Waals surface area contributed by atoms with Gasteiger partial charge in [-0.3, -0.25) is 0 Å². The number of carboxylic acids is 6. The van der Waals surface area contributed by atoms with Crippen LogP contribution in [0.15, 0.2) is 92.5 Å². The Hall–Kier alpha value is -13.4. The van der Waals surface area contributed by atoms with Crippen LogP contribution in [-0.4, -0.2) is 169 Å². The van der Waals surface area contributed by atoms with E-state index in [1.165, 1.54) is 0 Å². The number of fused-ring (bicyclic) bond motifs is 24. The molecule has 3 atom stereocenters. The van der Waals surface area contributed by atoms with Crippen molar-refractivity contribution in [3.8, 4) is 0 Å². The number of carbonyl (C=O) groups is 6. The molecule has 15 rings (SSSR count). The smallest absolute Gasteiger partial charge is 0.550 e. The Labute approximate surface area is 831 Å². The molecule has 3 unspecified atom stereocenters. The Bertz CT molecular complexity index is 6620. The van der Waals surface area contributed by atoms with Gasteiger partial charge in [-0.1, -0.05) is 38.0 Å². The van der Waals surface area contributed by atoms with Gasteiger partial charge in [0.1, 0.15) is 0 Å². The molecule has 0 radical (unpaired) electrons. The fraction of sp³-hybridized carbons (Fsp3) is 0.333. The largest absolute Gasteiger partial charge is 3.00 e. The van der Waals surface area contributed by atoms with Crippen molar-refractivity contribution in [3.05, 3.63) is 228 Å². The molecule has 140 heavy (non-hydrogen) atoms. The SMILES string of the molecule is C=Cc1c(C)c2cc3nc(cc4[nH]c(cc5nc(cc1[nH]2)C(C)=C5C(C)OCCO)c(C)c4CCC(=O)[O-])C(CCC(=O)[O-])=C3C.C=Cc1c(C)c2cc3nc(cc4[nH]c(cc5nc(cc1[nH]2)C(C)=C5C(C)OCCO)c(C)c4CCC(=O)[O-])C(CCC(=O)[O-])=C3C.C=Cc1c(C)c2cc3nc(cc4[nH]c(cc5nc(cc1[nH]2)C(C)=C5C(C)OCCO)c(C)c4CCC(=O)[O-])C(CCC(=O)[O-])=C3C.[Mn+3].[Mn+3]. The maximum Gasteiger partial charge on any atom is 3.00 e. The monoisotopic (exact) mass is 1980 g/mol. The van der Waals surface area contributed by atoms with Crippen molar-refractivity contribution in [2.45, 2.75) is 199 Å². The number of allylic oxidation sites excluding steroid dienone is 9. The van der Waals surface area contributed by atoms with Gasteiger partial charge in [0.05, 0.1) is 126 Å². The van der Waals surface area contributed by atoms with Crippen LogP contribution in [0.3, 0.4) is 0 Å². The zero-order valence-corrected chi connectivity index (χ0v) is 83.5. The number of carboxylic acid groups (broad SMARTS) is 6. The molecule has 0 amide bonds. The normalized spacial score (nSPS) is 13.6. The summed E-state index contributed by atoms with van der Waals surface area (Å²) in [6.45, 7) is 41.6. The molecule has 24 bridgehead atoms. The summed E-state index contributed by atoms with van der Waals surface area (Å²) in [5.41, 5.74) is 38.2. The fourth-order valence-corrected chi connectivity index (χ4v) is 19.0. The molecule has 9 aromatic rings. The average molecular weight is 1980 g/mol. The first-order chi connectivity index (χ1) is 65.8. The minimum atomic E-state index is -1.16. The number of nitrogens with one attached hydrogen (secondary N) is 6. The van der Waals surface area contributed by atoms with Crippen molar-refractivity contribution in [2.75, 3.05) is 39.6 Å². The molecule has 15 heterocycles. The number of carbonyl (C=O) groups excluding carboxylic acids is 6. The van der Waals surface area contributed by atoms with Crippen LogP contribution in [0.1, 0.15) is 255 Å². The fourth-order valence-electron chi connectivity index (χ4n) is 19.0. The van der Waals surface area contributed by atoms with Crippen molar-refractivity contribution < 1.29 is 123 Å². The minimum Gasteiger partial charge on any atom is -0.550 e. The molecule has 9 N–H and O–H groups in total. The standard InChI is InChI=1S/3C36H40N4O6.2Mn/c3*1-7-23-18(2)26-14-27-19(3)24(8-10-34(42)43)31(38-27)17-32-25(9-11-35(44)45)20(4)28(39-32)16-33-36(22(6)46-13-12-41)21(5)29(40-33)15-30(23)37-26;;/h3*7,14-17,22,37,39,41H,1,8-13H2,2-6H3,(H,42,43)(H,44,45);;/q;;;2*+3/p-6. The molecule has 0 saturated heterocycles. The van der Waals surface area contributed by atoms with Gasteiger partial charge in [-0.2, -0.15) is 0 Å².